The standard InChI is InChI=1S/C17H27N3O/c1-21-17-3-2-14(12-19-17)13-20-10-6-16(7-11-20)15-4-8-18-9-5-15/h2-3,12,15-16,18H,4-11,13H2,1H3. The van der Waals surface area contributed by atoms with Crippen LogP contribution in [0.2, 0.25) is 0 Å². The summed E-state index contributed by atoms with van der Waals surface area (Å²) in [6.07, 6.45) is 7.44. The van der Waals surface area contributed by atoms with Crippen molar-refractivity contribution in [3.8, 4) is 5.88 Å². The largest absolute Gasteiger partial charge is 0.481 e. The SMILES string of the molecule is COc1ccc(CN2CCC(C3CCNCC3)CC2)cn1. The number of nitrogens with zero attached hydrogens (tertiary/aromatic N) is 2. The molecule has 4 heteroatoms. The molecule has 0 unspecified atom stereocenters. The monoisotopic (exact) mass is 289 g/mol. The van der Waals surface area contributed by atoms with Crippen molar-refractivity contribution >= 4 is 0 Å². The molecule has 0 aliphatic carbocycles. The van der Waals surface area contributed by atoms with Crippen LogP contribution in [0.3, 0.4) is 0 Å². The lowest BCUT2D eigenvalue weighted by molar-refractivity contribution is 0.126. The van der Waals surface area contributed by atoms with Gasteiger partial charge in [-0.15, -0.1) is 0 Å². The van der Waals surface area contributed by atoms with Crippen molar-refractivity contribution in [1.82, 2.24) is 15.2 Å². The first-order valence-corrected chi connectivity index (χ1v) is 8.27. The molecule has 0 spiro atoms. The number of hydrogen-bond acceptors (Lipinski definition) is 4. The summed E-state index contributed by atoms with van der Waals surface area (Å²) < 4.78 is 5.11. The highest BCUT2D eigenvalue weighted by atomic mass is 16.5. The van der Waals surface area contributed by atoms with E-state index in [0.717, 1.165) is 18.4 Å². The van der Waals surface area contributed by atoms with Gasteiger partial charge in [0.05, 0.1) is 7.11 Å². The second kappa shape index (κ2) is 7.23. The summed E-state index contributed by atoms with van der Waals surface area (Å²) in [5.41, 5.74) is 1.29. The van der Waals surface area contributed by atoms with Crippen LogP contribution in [-0.2, 0) is 6.54 Å². The predicted octanol–water partition coefficient (Wildman–Crippen LogP) is 2.30. The first-order chi connectivity index (χ1) is 10.3. The number of hydrogen-bond donors (Lipinski definition) is 1. The topological polar surface area (TPSA) is 37.4 Å². The third-order valence-corrected chi connectivity index (χ3v) is 5.10. The normalized spacial score (nSPS) is 22.3. The molecule has 3 heterocycles. The van der Waals surface area contributed by atoms with Crippen LogP contribution in [0.4, 0.5) is 0 Å². The lowest BCUT2D eigenvalue weighted by Gasteiger charge is -2.37. The maximum atomic E-state index is 5.11. The number of likely N-dealkylation sites (tertiary alicyclic amines) is 1. The van der Waals surface area contributed by atoms with Crippen molar-refractivity contribution in [2.24, 2.45) is 11.8 Å². The molecule has 116 valence electrons. The first-order valence-electron chi connectivity index (χ1n) is 8.27. The van der Waals surface area contributed by atoms with Gasteiger partial charge in [0.1, 0.15) is 0 Å². The van der Waals surface area contributed by atoms with Crippen LogP contribution < -0.4 is 10.1 Å². The maximum Gasteiger partial charge on any atom is 0.212 e. The summed E-state index contributed by atoms with van der Waals surface area (Å²) in [6.45, 7) is 5.95. The fraction of sp³-hybridized carbons (Fsp3) is 0.706. The van der Waals surface area contributed by atoms with Gasteiger partial charge in [-0.3, -0.25) is 4.90 Å². The number of pyridine rings is 1. The van der Waals surface area contributed by atoms with Crippen LogP contribution in [0.1, 0.15) is 31.2 Å². The number of ether oxygens (including phenoxy) is 1. The molecule has 0 radical (unpaired) electrons. The van der Waals surface area contributed by atoms with Gasteiger partial charge in [0.25, 0.3) is 0 Å². The molecule has 2 aliphatic rings. The van der Waals surface area contributed by atoms with Crippen LogP contribution in [0.5, 0.6) is 5.88 Å². The van der Waals surface area contributed by atoms with E-state index in [1.165, 1.54) is 57.4 Å². The van der Waals surface area contributed by atoms with Gasteiger partial charge in [-0.1, -0.05) is 6.07 Å². The molecular formula is C17H27N3O. The smallest absolute Gasteiger partial charge is 0.212 e. The minimum Gasteiger partial charge on any atom is -0.481 e. The Labute approximate surface area is 127 Å². The minimum atomic E-state index is 0.698. The Hall–Kier alpha value is -1.13. The van der Waals surface area contributed by atoms with E-state index in [1.807, 2.05) is 12.3 Å². The van der Waals surface area contributed by atoms with Gasteiger partial charge in [-0.05, 0) is 69.3 Å². The summed E-state index contributed by atoms with van der Waals surface area (Å²) in [5, 5.41) is 3.48. The third-order valence-electron chi connectivity index (χ3n) is 5.10. The zero-order chi connectivity index (χ0) is 14.5. The van der Waals surface area contributed by atoms with Crippen molar-refractivity contribution in [2.75, 3.05) is 33.3 Å². The molecule has 1 aromatic rings. The van der Waals surface area contributed by atoms with E-state index in [1.54, 1.807) is 7.11 Å². The zero-order valence-electron chi connectivity index (χ0n) is 13.1. The predicted molar refractivity (Wildman–Crippen MR) is 84.4 cm³/mol. The van der Waals surface area contributed by atoms with Gasteiger partial charge in [0.15, 0.2) is 0 Å². The van der Waals surface area contributed by atoms with Crippen LogP contribution >= 0.6 is 0 Å². The van der Waals surface area contributed by atoms with E-state index in [0.29, 0.717) is 5.88 Å². The Bertz CT molecular complexity index is 420. The minimum absolute atomic E-state index is 0.698. The highest BCUT2D eigenvalue weighted by Crippen LogP contribution is 2.31. The lowest BCUT2D eigenvalue weighted by atomic mass is 9.79. The van der Waals surface area contributed by atoms with E-state index in [2.05, 4.69) is 21.3 Å². The molecular weight excluding hydrogens is 262 g/mol. The molecule has 0 amide bonds. The molecule has 0 bridgehead atoms. The van der Waals surface area contributed by atoms with Gasteiger partial charge < -0.3 is 10.1 Å². The highest BCUT2D eigenvalue weighted by Gasteiger charge is 2.27. The molecule has 0 atom stereocenters. The van der Waals surface area contributed by atoms with Gasteiger partial charge in [0, 0.05) is 18.8 Å². The van der Waals surface area contributed by atoms with E-state index >= 15 is 0 Å². The number of aromatic nitrogens is 1. The maximum absolute atomic E-state index is 5.11. The second-order valence-corrected chi connectivity index (χ2v) is 6.41. The lowest BCUT2D eigenvalue weighted by Crippen LogP contribution is -2.39. The molecule has 1 aromatic heterocycles. The van der Waals surface area contributed by atoms with E-state index in [4.69, 9.17) is 4.74 Å². The molecule has 2 saturated heterocycles. The Morgan fingerprint density at radius 2 is 1.86 bits per heavy atom. The number of nitrogens with one attached hydrogen (secondary N) is 1. The molecule has 0 saturated carbocycles. The summed E-state index contributed by atoms with van der Waals surface area (Å²) in [7, 11) is 1.66. The van der Waals surface area contributed by atoms with Crippen LogP contribution in [-0.4, -0.2) is 43.2 Å². The van der Waals surface area contributed by atoms with E-state index < -0.39 is 0 Å². The zero-order valence-corrected chi connectivity index (χ0v) is 13.1. The van der Waals surface area contributed by atoms with Gasteiger partial charge in [0.2, 0.25) is 5.88 Å². The summed E-state index contributed by atoms with van der Waals surface area (Å²) >= 11 is 0. The summed E-state index contributed by atoms with van der Waals surface area (Å²) in [6, 6.07) is 4.09. The molecule has 2 aliphatic heterocycles. The number of piperidine rings is 2. The quantitative estimate of drug-likeness (QED) is 0.923. The fourth-order valence-corrected chi connectivity index (χ4v) is 3.78. The average Bonchev–Trinajstić information content (AvgIpc) is 2.57. The average molecular weight is 289 g/mol. The Balaban J connectivity index is 1.46. The molecule has 1 N–H and O–H groups in total. The number of methoxy groups -OCH3 is 1. The van der Waals surface area contributed by atoms with Gasteiger partial charge >= 0.3 is 0 Å². The van der Waals surface area contributed by atoms with Crippen LogP contribution in [0.15, 0.2) is 18.3 Å². The highest BCUT2D eigenvalue weighted by molar-refractivity contribution is 5.17. The Morgan fingerprint density at radius 3 is 2.48 bits per heavy atom. The molecule has 21 heavy (non-hydrogen) atoms. The summed E-state index contributed by atoms with van der Waals surface area (Å²) in [4.78, 5) is 6.87. The fourth-order valence-electron chi connectivity index (χ4n) is 3.78. The van der Waals surface area contributed by atoms with Crippen molar-refractivity contribution in [3.05, 3.63) is 23.9 Å². The van der Waals surface area contributed by atoms with Crippen molar-refractivity contribution in [3.63, 3.8) is 0 Å². The molecule has 0 aromatic carbocycles. The van der Waals surface area contributed by atoms with Crippen LogP contribution in [0.25, 0.3) is 0 Å². The third kappa shape index (κ3) is 3.95. The molecule has 3 rings (SSSR count). The Morgan fingerprint density at radius 1 is 1.14 bits per heavy atom. The number of rotatable bonds is 4. The van der Waals surface area contributed by atoms with Gasteiger partial charge in [-0.2, -0.15) is 0 Å². The van der Waals surface area contributed by atoms with Crippen LogP contribution in [0, 0.1) is 11.8 Å². The van der Waals surface area contributed by atoms with Gasteiger partial charge in [-0.25, -0.2) is 4.98 Å². The molecule has 4 nitrogen and oxygen atoms in total. The second-order valence-electron chi connectivity index (χ2n) is 6.41. The Kier molecular flexibility index (Phi) is 5.09. The van der Waals surface area contributed by atoms with Crippen molar-refractivity contribution in [1.29, 1.82) is 0 Å². The molecule has 2 fully saturated rings. The summed E-state index contributed by atoms with van der Waals surface area (Å²) in [5.74, 6) is 2.62. The van der Waals surface area contributed by atoms with E-state index in [-0.39, 0.29) is 0 Å². The van der Waals surface area contributed by atoms with Crippen molar-refractivity contribution in [2.45, 2.75) is 32.2 Å². The van der Waals surface area contributed by atoms with E-state index in [9.17, 15) is 0 Å². The first kappa shape index (κ1) is 14.8. The van der Waals surface area contributed by atoms with Crippen molar-refractivity contribution < 1.29 is 4.74 Å².